The Morgan fingerprint density at radius 2 is 2.23 bits per heavy atom. The van der Waals surface area contributed by atoms with Crippen LogP contribution in [0, 0.1) is 11.8 Å². The normalized spacial score (nSPS) is 35.5. The molecular formula is C9H14N2O2. The smallest absolute Gasteiger partial charge is 0.230 e. The highest BCUT2D eigenvalue weighted by Crippen LogP contribution is 2.28. The lowest BCUT2D eigenvalue weighted by Crippen LogP contribution is -2.27. The second-order valence-corrected chi connectivity index (χ2v) is 4.03. The third kappa shape index (κ3) is 1.58. The summed E-state index contributed by atoms with van der Waals surface area (Å²) in [5.74, 6) is 0.156. The lowest BCUT2D eigenvalue weighted by atomic mass is 9.90. The number of carbonyl (C=O) groups is 2. The van der Waals surface area contributed by atoms with Crippen molar-refractivity contribution in [3.63, 3.8) is 0 Å². The molecular weight excluding hydrogens is 168 g/mol. The van der Waals surface area contributed by atoms with E-state index in [0.29, 0.717) is 12.3 Å². The molecule has 2 heterocycles. The van der Waals surface area contributed by atoms with E-state index in [-0.39, 0.29) is 17.7 Å². The highest BCUT2D eigenvalue weighted by molar-refractivity contribution is 6.03. The Morgan fingerprint density at radius 3 is 2.69 bits per heavy atom. The maximum atomic E-state index is 11.3. The maximum absolute atomic E-state index is 11.3. The van der Waals surface area contributed by atoms with E-state index in [1.54, 1.807) is 0 Å². The molecule has 1 N–H and O–H groups in total. The average molecular weight is 182 g/mol. The summed E-state index contributed by atoms with van der Waals surface area (Å²) >= 11 is 0. The van der Waals surface area contributed by atoms with Crippen LogP contribution < -0.4 is 5.32 Å². The number of hydrogen-bond donors (Lipinski definition) is 1. The van der Waals surface area contributed by atoms with Gasteiger partial charge in [0.25, 0.3) is 0 Å². The lowest BCUT2D eigenvalue weighted by molar-refractivity contribution is -0.126. The molecule has 13 heavy (non-hydrogen) atoms. The van der Waals surface area contributed by atoms with E-state index in [0.717, 1.165) is 19.5 Å². The van der Waals surface area contributed by atoms with E-state index in [9.17, 15) is 9.59 Å². The molecule has 2 saturated heterocycles. The number of carbonyl (C=O) groups excluding carboxylic acids is 2. The first-order chi connectivity index (χ1) is 6.16. The van der Waals surface area contributed by atoms with Gasteiger partial charge in [-0.15, -0.1) is 0 Å². The van der Waals surface area contributed by atoms with E-state index in [1.165, 1.54) is 0 Å². The van der Waals surface area contributed by atoms with E-state index >= 15 is 0 Å². The first-order valence-electron chi connectivity index (χ1n) is 4.69. The second-order valence-electron chi connectivity index (χ2n) is 4.03. The van der Waals surface area contributed by atoms with Gasteiger partial charge in [-0.2, -0.15) is 0 Å². The van der Waals surface area contributed by atoms with Crippen molar-refractivity contribution < 1.29 is 9.59 Å². The van der Waals surface area contributed by atoms with Gasteiger partial charge in [0.1, 0.15) is 0 Å². The minimum Gasteiger partial charge on any atom is -0.306 e. The number of nitrogens with one attached hydrogen (secondary N) is 1. The lowest BCUT2D eigenvalue weighted by Gasteiger charge is -2.14. The Kier molecular flexibility index (Phi) is 2.07. The molecule has 4 nitrogen and oxygen atoms in total. The Bertz CT molecular complexity index is 252. The molecule has 0 saturated carbocycles. The van der Waals surface area contributed by atoms with Gasteiger partial charge in [0, 0.05) is 13.0 Å². The molecule has 2 rings (SSSR count). The predicted octanol–water partition coefficient (Wildman–Crippen LogP) is -0.399. The number of likely N-dealkylation sites (tertiary alicyclic amines) is 1. The molecule has 0 aromatic carbocycles. The largest absolute Gasteiger partial charge is 0.306 e. The molecule has 2 unspecified atom stereocenters. The van der Waals surface area contributed by atoms with Crippen molar-refractivity contribution in [3.05, 3.63) is 0 Å². The summed E-state index contributed by atoms with van der Waals surface area (Å²) in [6, 6.07) is 0. The van der Waals surface area contributed by atoms with Gasteiger partial charge in [-0.1, -0.05) is 0 Å². The van der Waals surface area contributed by atoms with Gasteiger partial charge in [0.15, 0.2) is 0 Å². The minimum absolute atomic E-state index is 0.0579. The van der Waals surface area contributed by atoms with Crippen molar-refractivity contribution in [2.24, 2.45) is 11.8 Å². The van der Waals surface area contributed by atoms with Crippen molar-refractivity contribution >= 4 is 11.8 Å². The van der Waals surface area contributed by atoms with Crippen molar-refractivity contribution in [1.82, 2.24) is 10.2 Å². The minimum atomic E-state index is -0.107. The quantitative estimate of drug-likeness (QED) is 0.561. The van der Waals surface area contributed by atoms with E-state index in [2.05, 4.69) is 17.3 Å². The Morgan fingerprint density at radius 1 is 1.46 bits per heavy atom. The second kappa shape index (κ2) is 3.10. The molecule has 2 amide bonds. The highest BCUT2D eigenvalue weighted by Gasteiger charge is 2.38. The summed E-state index contributed by atoms with van der Waals surface area (Å²) < 4.78 is 0. The summed E-state index contributed by atoms with van der Waals surface area (Å²) in [6.07, 6.45) is 1.44. The van der Waals surface area contributed by atoms with Gasteiger partial charge < -0.3 is 4.90 Å². The number of amides is 2. The van der Waals surface area contributed by atoms with Gasteiger partial charge in [-0.3, -0.25) is 14.9 Å². The fourth-order valence-electron chi connectivity index (χ4n) is 2.25. The molecule has 2 fully saturated rings. The number of hydrogen-bond acceptors (Lipinski definition) is 3. The van der Waals surface area contributed by atoms with E-state index in [4.69, 9.17) is 0 Å². The van der Waals surface area contributed by atoms with Crippen LogP contribution in [0.3, 0.4) is 0 Å². The molecule has 4 heteroatoms. The average Bonchev–Trinajstić information content (AvgIpc) is 2.58. The molecule has 0 radical (unpaired) electrons. The molecule has 0 spiro atoms. The van der Waals surface area contributed by atoms with Gasteiger partial charge in [0.2, 0.25) is 11.8 Å². The molecule has 2 aliphatic rings. The summed E-state index contributed by atoms with van der Waals surface area (Å²) in [6.45, 7) is 1.99. The molecule has 2 atom stereocenters. The molecule has 0 aliphatic carbocycles. The van der Waals surface area contributed by atoms with E-state index < -0.39 is 0 Å². The van der Waals surface area contributed by atoms with Crippen molar-refractivity contribution in [1.29, 1.82) is 0 Å². The fraction of sp³-hybridized carbons (Fsp3) is 0.778. The van der Waals surface area contributed by atoms with Crippen LogP contribution in [-0.4, -0.2) is 36.9 Å². The van der Waals surface area contributed by atoms with Gasteiger partial charge in [-0.05, 0) is 25.9 Å². The van der Waals surface area contributed by atoms with Crippen LogP contribution in [0.15, 0.2) is 0 Å². The summed E-state index contributed by atoms with van der Waals surface area (Å²) in [4.78, 5) is 24.5. The summed E-state index contributed by atoms with van der Waals surface area (Å²) in [5, 5.41) is 2.36. The summed E-state index contributed by atoms with van der Waals surface area (Å²) in [5.41, 5.74) is 0. The first kappa shape index (κ1) is 8.69. The standard InChI is InChI=1S/C9H14N2O2/c1-11-3-2-6(5-11)7-4-8(12)10-9(7)13/h6-7H,2-5H2,1H3,(H,10,12,13). The van der Waals surface area contributed by atoms with Crippen molar-refractivity contribution in [2.45, 2.75) is 12.8 Å². The zero-order chi connectivity index (χ0) is 9.42. The molecule has 0 bridgehead atoms. The van der Waals surface area contributed by atoms with Crippen LogP contribution >= 0.6 is 0 Å². The van der Waals surface area contributed by atoms with Crippen LogP contribution in [0.25, 0.3) is 0 Å². The Balaban J connectivity index is 2.01. The third-order valence-electron chi connectivity index (χ3n) is 3.00. The van der Waals surface area contributed by atoms with Crippen LogP contribution in [0.1, 0.15) is 12.8 Å². The van der Waals surface area contributed by atoms with Crippen LogP contribution in [-0.2, 0) is 9.59 Å². The van der Waals surface area contributed by atoms with Crippen molar-refractivity contribution in [3.8, 4) is 0 Å². The molecule has 72 valence electrons. The molecule has 0 aromatic heterocycles. The number of nitrogens with zero attached hydrogens (tertiary/aromatic N) is 1. The van der Waals surface area contributed by atoms with Gasteiger partial charge in [-0.25, -0.2) is 0 Å². The van der Waals surface area contributed by atoms with Crippen LogP contribution in [0.2, 0.25) is 0 Å². The monoisotopic (exact) mass is 182 g/mol. The zero-order valence-corrected chi connectivity index (χ0v) is 7.75. The number of imide groups is 1. The SMILES string of the molecule is CN1CCC(C2CC(=O)NC2=O)C1. The Labute approximate surface area is 77.3 Å². The highest BCUT2D eigenvalue weighted by atomic mass is 16.2. The topological polar surface area (TPSA) is 49.4 Å². The Hall–Kier alpha value is -0.900. The van der Waals surface area contributed by atoms with Gasteiger partial charge >= 0.3 is 0 Å². The molecule has 2 aliphatic heterocycles. The predicted molar refractivity (Wildman–Crippen MR) is 46.9 cm³/mol. The summed E-state index contributed by atoms with van der Waals surface area (Å²) in [7, 11) is 2.05. The zero-order valence-electron chi connectivity index (χ0n) is 7.75. The fourth-order valence-corrected chi connectivity index (χ4v) is 2.25. The third-order valence-corrected chi connectivity index (χ3v) is 3.00. The van der Waals surface area contributed by atoms with Crippen LogP contribution in [0.4, 0.5) is 0 Å². The number of rotatable bonds is 1. The van der Waals surface area contributed by atoms with Gasteiger partial charge in [0.05, 0.1) is 5.92 Å². The molecule has 0 aromatic rings. The van der Waals surface area contributed by atoms with Crippen LogP contribution in [0.5, 0.6) is 0 Å². The van der Waals surface area contributed by atoms with E-state index in [1.807, 2.05) is 0 Å². The first-order valence-corrected chi connectivity index (χ1v) is 4.69. The maximum Gasteiger partial charge on any atom is 0.230 e. The van der Waals surface area contributed by atoms with Crippen molar-refractivity contribution in [2.75, 3.05) is 20.1 Å².